The number of nitrogens with one attached hydrogen (secondary N) is 2. The Balaban J connectivity index is 1.21. The van der Waals surface area contributed by atoms with Crippen molar-refractivity contribution in [3.63, 3.8) is 0 Å². The number of hydrogen-bond donors (Lipinski definition) is 3. The predicted octanol–water partition coefficient (Wildman–Crippen LogP) is 0.306. The maximum Gasteiger partial charge on any atom is 0.320 e. The molecule has 2 heterocycles. The van der Waals surface area contributed by atoms with Crippen molar-refractivity contribution in [3.8, 4) is 0 Å². The van der Waals surface area contributed by atoms with E-state index >= 15 is 0 Å². The van der Waals surface area contributed by atoms with Gasteiger partial charge in [0.05, 0.1) is 11.5 Å². The first-order valence-corrected chi connectivity index (χ1v) is 11.2. The van der Waals surface area contributed by atoms with Crippen LogP contribution in [-0.4, -0.2) is 77.6 Å². The zero-order chi connectivity index (χ0) is 20.2. The van der Waals surface area contributed by atoms with Crippen LogP contribution in [0.25, 0.3) is 0 Å². The van der Waals surface area contributed by atoms with Crippen molar-refractivity contribution in [2.45, 2.75) is 57.1 Å². The van der Waals surface area contributed by atoms with Gasteiger partial charge in [0, 0.05) is 32.2 Å². The molecule has 160 valence electrons. The molecule has 4 amide bonds. The summed E-state index contributed by atoms with van der Waals surface area (Å²) in [7, 11) is 0. The van der Waals surface area contributed by atoms with Crippen molar-refractivity contribution < 1.29 is 19.5 Å². The maximum absolute atomic E-state index is 13.3. The topological polar surface area (TPSA) is 102 Å². The monoisotopic (exact) mass is 404 g/mol. The third kappa shape index (κ3) is 3.39. The van der Waals surface area contributed by atoms with Gasteiger partial charge in [-0.15, -0.1) is 0 Å². The zero-order valence-corrected chi connectivity index (χ0v) is 16.9. The molecule has 0 radical (unpaired) electrons. The van der Waals surface area contributed by atoms with Gasteiger partial charge >= 0.3 is 6.03 Å². The van der Waals surface area contributed by atoms with Gasteiger partial charge in [0.15, 0.2) is 0 Å². The molecule has 8 heteroatoms. The Morgan fingerprint density at radius 2 is 1.86 bits per heavy atom. The van der Waals surface area contributed by atoms with E-state index in [0.29, 0.717) is 32.1 Å². The van der Waals surface area contributed by atoms with E-state index in [1.165, 1.54) is 0 Å². The number of aliphatic hydroxyl groups is 1. The van der Waals surface area contributed by atoms with Crippen molar-refractivity contribution >= 4 is 17.8 Å². The Bertz CT molecular complexity index is 697. The second-order valence-corrected chi connectivity index (χ2v) is 10.1. The highest BCUT2D eigenvalue weighted by Crippen LogP contribution is 2.60. The number of piperazine rings is 1. The summed E-state index contributed by atoms with van der Waals surface area (Å²) >= 11 is 0. The van der Waals surface area contributed by atoms with Crippen molar-refractivity contribution in [2.75, 3.05) is 32.7 Å². The molecule has 4 aliphatic carbocycles. The Morgan fingerprint density at radius 3 is 2.59 bits per heavy atom. The van der Waals surface area contributed by atoms with E-state index in [-0.39, 0.29) is 53.8 Å². The van der Waals surface area contributed by atoms with Gasteiger partial charge in [0.2, 0.25) is 11.8 Å². The van der Waals surface area contributed by atoms with E-state index in [4.69, 9.17) is 0 Å². The van der Waals surface area contributed by atoms with E-state index in [1.54, 1.807) is 9.80 Å². The number of nitrogens with zero attached hydrogens (tertiary/aromatic N) is 2. The molecule has 0 aromatic rings. The van der Waals surface area contributed by atoms with E-state index in [0.717, 1.165) is 44.9 Å². The van der Waals surface area contributed by atoms with E-state index in [1.807, 2.05) is 0 Å². The minimum absolute atomic E-state index is 0.0308. The standard InChI is InChI=1S/C21H32N4O4/c26-17-12-25(5-3-22-17)20(29)24-4-1-2-16(11-24)23-19(28)21-8-13-6-14(9-21)18(27)15(7-13)10-21/h13-16,18,27H,1-12H2,(H,22,26)(H,23,28). The first-order valence-electron chi connectivity index (χ1n) is 11.2. The molecule has 3 N–H and O–H groups in total. The molecule has 4 saturated carbocycles. The average molecular weight is 405 g/mol. The quantitative estimate of drug-likeness (QED) is 0.616. The molecule has 3 unspecified atom stereocenters. The largest absolute Gasteiger partial charge is 0.393 e. The smallest absolute Gasteiger partial charge is 0.320 e. The first kappa shape index (κ1) is 19.2. The van der Waals surface area contributed by atoms with Gasteiger partial charge in [-0.2, -0.15) is 0 Å². The molecular formula is C21H32N4O4. The number of carbonyl (C=O) groups is 3. The highest BCUT2D eigenvalue weighted by Gasteiger charge is 2.58. The first-order chi connectivity index (χ1) is 13.9. The molecule has 4 bridgehead atoms. The third-order valence-corrected chi connectivity index (χ3v) is 8.04. The van der Waals surface area contributed by atoms with Gasteiger partial charge in [0.1, 0.15) is 6.54 Å². The highest BCUT2D eigenvalue weighted by molar-refractivity contribution is 5.85. The van der Waals surface area contributed by atoms with Gasteiger partial charge in [-0.3, -0.25) is 9.59 Å². The Morgan fingerprint density at radius 1 is 1.10 bits per heavy atom. The second kappa shape index (κ2) is 7.15. The fraction of sp³-hybridized carbons (Fsp3) is 0.857. The van der Waals surface area contributed by atoms with Crippen LogP contribution in [0.1, 0.15) is 44.9 Å². The van der Waals surface area contributed by atoms with E-state index < -0.39 is 0 Å². The number of hydrogen-bond acceptors (Lipinski definition) is 4. The molecule has 0 spiro atoms. The van der Waals surface area contributed by atoms with Crippen LogP contribution in [0.5, 0.6) is 0 Å². The van der Waals surface area contributed by atoms with Crippen LogP contribution in [0, 0.1) is 23.2 Å². The fourth-order valence-corrected chi connectivity index (χ4v) is 6.88. The zero-order valence-electron chi connectivity index (χ0n) is 16.9. The Labute approximate surface area is 171 Å². The van der Waals surface area contributed by atoms with Gasteiger partial charge in [0.25, 0.3) is 0 Å². The second-order valence-electron chi connectivity index (χ2n) is 10.1. The van der Waals surface area contributed by atoms with E-state index in [9.17, 15) is 19.5 Å². The number of piperidine rings is 1. The summed E-state index contributed by atoms with van der Waals surface area (Å²) in [5.41, 5.74) is -0.313. The van der Waals surface area contributed by atoms with Crippen LogP contribution in [0.15, 0.2) is 0 Å². The summed E-state index contributed by atoms with van der Waals surface area (Å²) in [6.07, 6.45) is 6.23. The van der Waals surface area contributed by atoms with Crippen molar-refractivity contribution in [2.24, 2.45) is 23.2 Å². The molecule has 29 heavy (non-hydrogen) atoms. The normalized spacial score (nSPS) is 41.3. The van der Waals surface area contributed by atoms with Crippen molar-refractivity contribution in [1.82, 2.24) is 20.4 Å². The lowest BCUT2D eigenvalue weighted by Gasteiger charge is -2.58. The van der Waals surface area contributed by atoms with Gasteiger partial charge < -0.3 is 25.5 Å². The van der Waals surface area contributed by atoms with Crippen LogP contribution in [0.3, 0.4) is 0 Å². The molecule has 0 aromatic heterocycles. The molecule has 2 saturated heterocycles. The molecule has 6 aliphatic rings. The van der Waals surface area contributed by atoms with Crippen LogP contribution in [0.2, 0.25) is 0 Å². The van der Waals surface area contributed by atoms with Gasteiger partial charge in [-0.1, -0.05) is 0 Å². The molecule has 8 nitrogen and oxygen atoms in total. The highest BCUT2D eigenvalue weighted by atomic mass is 16.3. The molecule has 3 atom stereocenters. The summed E-state index contributed by atoms with van der Waals surface area (Å²) in [4.78, 5) is 41.1. The lowest BCUT2D eigenvalue weighted by Crippen LogP contribution is -2.61. The summed E-state index contributed by atoms with van der Waals surface area (Å²) in [6, 6.07) is -0.131. The molecular weight excluding hydrogens is 372 g/mol. The maximum atomic E-state index is 13.3. The molecule has 6 fully saturated rings. The van der Waals surface area contributed by atoms with Crippen LogP contribution < -0.4 is 10.6 Å². The van der Waals surface area contributed by atoms with Crippen LogP contribution in [-0.2, 0) is 9.59 Å². The number of aliphatic hydroxyl groups excluding tert-OH is 1. The van der Waals surface area contributed by atoms with Gasteiger partial charge in [-0.05, 0) is 62.7 Å². The fourth-order valence-electron chi connectivity index (χ4n) is 6.88. The van der Waals surface area contributed by atoms with Crippen LogP contribution >= 0.6 is 0 Å². The third-order valence-electron chi connectivity index (χ3n) is 8.04. The molecule has 2 aliphatic heterocycles. The van der Waals surface area contributed by atoms with E-state index in [2.05, 4.69) is 10.6 Å². The van der Waals surface area contributed by atoms with Crippen molar-refractivity contribution in [1.29, 1.82) is 0 Å². The van der Waals surface area contributed by atoms with Gasteiger partial charge in [-0.25, -0.2) is 4.79 Å². The predicted molar refractivity (Wildman–Crippen MR) is 105 cm³/mol. The number of carbonyl (C=O) groups excluding carboxylic acids is 3. The Hall–Kier alpha value is -1.83. The Kier molecular flexibility index (Phi) is 4.72. The number of likely N-dealkylation sites (tertiary alicyclic amines) is 1. The molecule has 0 aromatic carbocycles. The average Bonchev–Trinajstić information content (AvgIpc) is 2.71. The summed E-state index contributed by atoms with van der Waals surface area (Å²) < 4.78 is 0. The summed E-state index contributed by atoms with van der Waals surface area (Å²) in [5.74, 6) is 1.16. The molecule has 6 rings (SSSR count). The summed E-state index contributed by atoms with van der Waals surface area (Å²) in [5, 5.41) is 16.5. The number of amides is 4. The minimum Gasteiger partial charge on any atom is -0.393 e. The number of urea groups is 1. The minimum atomic E-state index is -0.313. The van der Waals surface area contributed by atoms with Crippen LogP contribution in [0.4, 0.5) is 4.79 Å². The lowest BCUT2D eigenvalue weighted by atomic mass is 9.48. The SMILES string of the molecule is O=C1CN(C(=O)N2CCCC(NC(=O)C34CC5CC(C3)C(O)C(C5)C4)C2)CCN1. The van der Waals surface area contributed by atoms with Crippen molar-refractivity contribution in [3.05, 3.63) is 0 Å². The number of rotatable bonds is 2. The lowest BCUT2D eigenvalue weighted by molar-refractivity contribution is -0.163. The summed E-state index contributed by atoms with van der Waals surface area (Å²) in [6.45, 7) is 2.33.